The van der Waals surface area contributed by atoms with E-state index in [0.29, 0.717) is 17.5 Å². The van der Waals surface area contributed by atoms with E-state index in [-0.39, 0.29) is 5.84 Å². The van der Waals surface area contributed by atoms with Gasteiger partial charge in [-0.05, 0) is 17.9 Å². The number of hydrogen-bond donors (Lipinski definition) is 3. The first-order valence-corrected chi connectivity index (χ1v) is 6.63. The van der Waals surface area contributed by atoms with Gasteiger partial charge in [-0.3, -0.25) is 4.98 Å². The summed E-state index contributed by atoms with van der Waals surface area (Å²) in [6.45, 7) is 3.72. The molecule has 0 fully saturated rings. The van der Waals surface area contributed by atoms with Crippen LogP contribution in [0.2, 0.25) is 0 Å². The Kier molecular flexibility index (Phi) is 5.79. The predicted octanol–water partition coefficient (Wildman–Crippen LogP) is 1.02. The summed E-state index contributed by atoms with van der Waals surface area (Å²) < 4.78 is 0. The van der Waals surface area contributed by atoms with Crippen LogP contribution >= 0.6 is 11.8 Å². The van der Waals surface area contributed by atoms with Crippen LogP contribution in [0.3, 0.4) is 0 Å². The SMILES string of the molecule is CSC(C)CNCc1cccnc1/C(N)=N/O. The van der Waals surface area contributed by atoms with Crippen molar-refractivity contribution < 1.29 is 5.21 Å². The Balaban J connectivity index is 2.64. The summed E-state index contributed by atoms with van der Waals surface area (Å²) in [6.07, 6.45) is 3.71. The Hall–Kier alpha value is -1.27. The van der Waals surface area contributed by atoms with E-state index in [1.165, 1.54) is 0 Å². The number of hydrogen-bond acceptors (Lipinski definition) is 5. The van der Waals surface area contributed by atoms with E-state index in [1.807, 2.05) is 23.9 Å². The summed E-state index contributed by atoms with van der Waals surface area (Å²) in [4.78, 5) is 4.11. The zero-order chi connectivity index (χ0) is 12.7. The summed E-state index contributed by atoms with van der Waals surface area (Å²) in [5.41, 5.74) is 7.01. The molecule has 0 aliphatic heterocycles. The highest BCUT2D eigenvalue weighted by Gasteiger charge is 2.08. The Bertz CT molecular complexity index is 383. The van der Waals surface area contributed by atoms with Crippen molar-refractivity contribution in [2.24, 2.45) is 10.9 Å². The van der Waals surface area contributed by atoms with Gasteiger partial charge in [0.15, 0.2) is 5.84 Å². The third-order valence-corrected chi connectivity index (χ3v) is 3.36. The quantitative estimate of drug-likeness (QED) is 0.305. The highest BCUT2D eigenvalue weighted by atomic mass is 32.2. The fraction of sp³-hybridized carbons (Fsp3) is 0.455. The van der Waals surface area contributed by atoms with Gasteiger partial charge >= 0.3 is 0 Å². The molecule has 0 bridgehead atoms. The zero-order valence-corrected chi connectivity index (χ0v) is 10.9. The molecule has 0 radical (unpaired) electrons. The third-order valence-electron chi connectivity index (χ3n) is 2.39. The van der Waals surface area contributed by atoms with Gasteiger partial charge in [0.2, 0.25) is 0 Å². The fourth-order valence-electron chi connectivity index (χ4n) is 1.35. The van der Waals surface area contributed by atoms with Crippen LogP contribution in [0.1, 0.15) is 18.2 Å². The Labute approximate surface area is 105 Å². The molecule has 5 nitrogen and oxygen atoms in total. The lowest BCUT2D eigenvalue weighted by Gasteiger charge is -2.11. The van der Waals surface area contributed by atoms with Crippen LogP contribution in [-0.4, -0.2) is 34.1 Å². The molecule has 1 heterocycles. The second-order valence-corrected chi connectivity index (χ2v) is 4.95. The summed E-state index contributed by atoms with van der Waals surface area (Å²) in [7, 11) is 0. The topological polar surface area (TPSA) is 83.5 Å². The molecule has 1 unspecified atom stereocenters. The number of amidine groups is 1. The smallest absolute Gasteiger partial charge is 0.189 e. The van der Waals surface area contributed by atoms with Crippen molar-refractivity contribution in [3.8, 4) is 0 Å². The van der Waals surface area contributed by atoms with E-state index >= 15 is 0 Å². The summed E-state index contributed by atoms with van der Waals surface area (Å²) in [5, 5.41) is 15.5. The maximum Gasteiger partial charge on any atom is 0.189 e. The lowest BCUT2D eigenvalue weighted by Crippen LogP contribution is -2.25. The van der Waals surface area contributed by atoms with Gasteiger partial charge in [-0.2, -0.15) is 11.8 Å². The van der Waals surface area contributed by atoms with Crippen LogP contribution in [0.4, 0.5) is 0 Å². The molecule has 94 valence electrons. The minimum atomic E-state index is 0.0420. The molecule has 0 saturated heterocycles. The first-order chi connectivity index (χ1) is 8.19. The van der Waals surface area contributed by atoms with Crippen LogP contribution in [0, 0.1) is 0 Å². The maximum absolute atomic E-state index is 8.66. The summed E-state index contributed by atoms with van der Waals surface area (Å²) >= 11 is 1.81. The van der Waals surface area contributed by atoms with E-state index in [0.717, 1.165) is 12.1 Å². The van der Waals surface area contributed by atoms with Gasteiger partial charge in [0.1, 0.15) is 5.69 Å². The van der Waals surface area contributed by atoms with Gasteiger partial charge in [-0.25, -0.2) is 0 Å². The lowest BCUT2D eigenvalue weighted by atomic mass is 10.2. The number of rotatable bonds is 6. The van der Waals surface area contributed by atoms with Gasteiger partial charge in [0.25, 0.3) is 0 Å². The Morgan fingerprint density at radius 3 is 3.12 bits per heavy atom. The van der Waals surface area contributed by atoms with E-state index < -0.39 is 0 Å². The van der Waals surface area contributed by atoms with Crippen LogP contribution in [-0.2, 0) is 6.54 Å². The molecule has 0 saturated carbocycles. The molecule has 6 heteroatoms. The van der Waals surface area contributed by atoms with Crippen molar-refractivity contribution >= 4 is 17.6 Å². The molecule has 4 N–H and O–H groups in total. The number of thioether (sulfide) groups is 1. The van der Waals surface area contributed by atoms with Gasteiger partial charge in [0, 0.05) is 24.5 Å². The minimum absolute atomic E-state index is 0.0420. The Morgan fingerprint density at radius 1 is 1.71 bits per heavy atom. The number of nitrogens with two attached hydrogens (primary N) is 1. The first kappa shape index (κ1) is 13.8. The molecule has 0 amide bonds. The monoisotopic (exact) mass is 254 g/mol. The van der Waals surface area contributed by atoms with Gasteiger partial charge in [0.05, 0.1) is 0 Å². The largest absolute Gasteiger partial charge is 0.409 e. The molecule has 0 aliphatic carbocycles. The fourth-order valence-corrected chi connectivity index (χ4v) is 1.64. The molecular weight excluding hydrogens is 236 g/mol. The first-order valence-electron chi connectivity index (χ1n) is 5.34. The lowest BCUT2D eigenvalue weighted by molar-refractivity contribution is 0.318. The highest BCUT2D eigenvalue weighted by Crippen LogP contribution is 2.06. The number of nitrogens with zero attached hydrogens (tertiary/aromatic N) is 2. The molecule has 1 atom stereocenters. The molecule has 0 aromatic carbocycles. The molecule has 1 rings (SSSR count). The van der Waals surface area contributed by atoms with Crippen molar-refractivity contribution in [1.29, 1.82) is 0 Å². The van der Waals surface area contributed by atoms with E-state index in [9.17, 15) is 0 Å². The van der Waals surface area contributed by atoms with Crippen LogP contribution in [0.25, 0.3) is 0 Å². The molecule has 0 spiro atoms. The minimum Gasteiger partial charge on any atom is -0.409 e. The molecule has 0 aliphatic rings. The van der Waals surface area contributed by atoms with Gasteiger partial charge < -0.3 is 16.3 Å². The zero-order valence-electron chi connectivity index (χ0n) is 10.1. The highest BCUT2D eigenvalue weighted by molar-refractivity contribution is 7.99. The second-order valence-electron chi connectivity index (χ2n) is 3.67. The molecule has 17 heavy (non-hydrogen) atoms. The van der Waals surface area contributed by atoms with Gasteiger partial charge in [-0.1, -0.05) is 18.1 Å². The number of pyridine rings is 1. The van der Waals surface area contributed by atoms with Crippen molar-refractivity contribution in [3.63, 3.8) is 0 Å². The number of aromatic nitrogens is 1. The standard InChI is InChI=1S/C11H18N4OS/c1-8(17-2)6-13-7-9-4-3-5-14-10(9)11(12)15-16/h3-5,8,13,16H,6-7H2,1-2H3,(H2,12,15). The maximum atomic E-state index is 8.66. The average molecular weight is 254 g/mol. The van der Waals surface area contributed by atoms with Crippen LogP contribution in [0.5, 0.6) is 0 Å². The number of oxime groups is 1. The van der Waals surface area contributed by atoms with Crippen molar-refractivity contribution in [3.05, 3.63) is 29.6 Å². The van der Waals surface area contributed by atoms with Crippen LogP contribution < -0.4 is 11.1 Å². The number of nitrogens with one attached hydrogen (secondary N) is 1. The Morgan fingerprint density at radius 2 is 2.47 bits per heavy atom. The van der Waals surface area contributed by atoms with Crippen molar-refractivity contribution in [2.45, 2.75) is 18.7 Å². The molecular formula is C11H18N4OS. The molecule has 1 aromatic heterocycles. The predicted molar refractivity (Wildman–Crippen MR) is 71.4 cm³/mol. The van der Waals surface area contributed by atoms with Crippen LogP contribution in [0.15, 0.2) is 23.5 Å². The van der Waals surface area contributed by atoms with Gasteiger partial charge in [-0.15, -0.1) is 0 Å². The normalized spacial score (nSPS) is 13.6. The van der Waals surface area contributed by atoms with Crippen molar-refractivity contribution in [2.75, 3.05) is 12.8 Å². The average Bonchev–Trinajstić information content (AvgIpc) is 2.38. The summed E-state index contributed by atoms with van der Waals surface area (Å²) in [6, 6.07) is 3.75. The summed E-state index contributed by atoms with van der Waals surface area (Å²) in [5.74, 6) is 0.0420. The second kappa shape index (κ2) is 7.13. The third kappa shape index (κ3) is 4.24. The van der Waals surface area contributed by atoms with Crippen molar-refractivity contribution in [1.82, 2.24) is 10.3 Å². The molecule has 1 aromatic rings. The van der Waals surface area contributed by atoms with E-state index in [2.05, 4.69) is 28.6 Å². The van der Waals surface area contributed by atoms with E-state index in [1.54, 1.807) is 6.20 Å². The van der Waals surface area contributed by atoms with E-state index in [4.69, 9.17) is 10.9 Å².